The predicted octanol–water partition coefficient (Wildman–Crippen LogP) is 0.472. The minimum absolute atomic E-state index is 0.0925. The minimum atomic E-state index is -0.401. The first-order chi connectivity index (χ1) is 7.54. The highest BCUT2D eigenvalue weighted by atomic mass is 16.2. The Morgan fingerprint density at radius 1 is 1.69 bits per heavy atom. The average molecular weight is 224 g/mol. The molecule has 1 aromatic rings. The molecule has 1 amide bonds. The van der Waals surface area contributed by atoms with Crippen LogP contribution in [0.2, 0.25) is 0 Å². The van der Waals surface area contributed by atoms with Gasteiger partial charge in [0.05, 0.1) is 11.7 Å². The molecule has 1 heterocycles. The van der Waals surface area contributed by atoms with Gasteiger partial charge in [0.1, 0.15) is 0 Å². The fourth-order valence-electron chi connectivity index (χ4n) is 1.58. The van der Waals surface area contributed by atoms with Gasteiger partial charge in [-0.15, -0.1) is 0 Å². The fourth-order valence-corrected chi connectivity index (χ4v) is 1.58. The van der Waals surface area contributed by atoms with Crippen molar-refractivity contribution in [2.24, 2.45) is 12.8 Å². The summed E-state index contributed by atoms with van der Waals surface area (Å²) in [7, 11) is 1.86. The van der Waals surface area contributed by atoms with Gasteiger partial charge in [-0.25, -0.2) is 0 Å². The van der Waals surface area contributed by atoms with E-state index in [-0.39, 0.29) is 5.91 Å². The Bertz CT molecular complexity index is 359. The maximum Gasteiger partial charge on any atom is 0.237 e. The monoisotopic (exact) mass is 224 g/mol. The number of rotatable bonds is 5. The Balaban J connectivity index is 2.45. The second-order valence-electron chi connectivity index (χ2n) is 4.03. The molecule has 1 atom stereocenters. The second-order valence-corrected chi connectivity index (χ2v) is 4.03. The lowest BCUT2D eigenvalue weighted by Crippen LogP contribution is -2.40. The topological polar surface area (TPSA) is 72.9 Å². The van der Waals surface area contributed by atoms with Crippen LogP contribution in [0.25, 0.3) is 0 Å². The van der Waals surface area contributed by atoms with Crippen LogP contribution >= 0.6 is 0 Å². The lowest BCUT2D eigenvalue weighted by atomic mass is 10.1. The molecular formula is C11H20N4O. The third kappa shape index (κ3) is 3.34. The van der Waals surface area contributed by atoms with Crippen molar-refractivity contribution in [2.45, 2.75) is 39.3 Å². The van der Waals surface area contributed by atoms with Crippen molar-refractivity contribution in [1.82, 2.24) is 15.1 Å². The summed E-state index contributed by atoms with van der Waals surface area (Å²) in [5, 5.41) is 7.02. The lowest BCUT2D eigenvalue weighted by Gasteiger charge is -2.10. The van der Waals surface area contributed by atoms with Crippen LogP contribution < -0.4 is 11.1 Å². The fraction of sp³-hybridized carbons (Fsp3) is 0.636. The number of aryl methyl sites for hydroxylation is 2. The highest BCUT2D eigenvalue weighted by Crippen LogP contribution is 2.04. The SMILES string of the molecule is CCC[C@H](N)C(=O)NCc1cn(C)nc1C. The van der Waals surface area contributed by atoms with Gasteiger partial charge in [-0.1, -0.05) is 13.3 Å². The molecule has 1 rings (SSSR count). The Kier molecular flexibility index (Phi) is 4.49. The van der Waals surface area contributed by atoms with E-state index in [1.165, 1.54) is 0 Å². The Morgan fingerprint density at radius 3 is 2.88 bits per heavy atom. The summed E-state index contributed by atoms with van der Waals surface area (Å²) in [5.74, 6) is -0.0925. The van der Waals surface area contributed by atoms with Gasteiger partial charge in [0.15, 0.2) is 0 Å². The molecule has 1 aromatic heterocycles. The molecule has 0 saturated carbocycles. The number of amides is 1. The van der Waals surface area contributed by atoms with E-state index >= 15 is 0 Å². The maximum atomic E-state index is 11.6. The summed E-state index contributed by atoms with van der Waals surface area (Å²) in [4.78, 5) is 11.6. The van der Waals surface area contributed by atoms with E-state index in [1.807, 2.05) is 27.1 Å². The molecule has 16 heavy (non-hydrogen) atoms. The summed E-state index contributed by atoms with van der Waals surface area (Å²) in [6.07, 6.45) is 3.54. The van der Waals surface area contributed by atoms with Crippen molar-refractivity contribution in [1.29, 1.82) is 0 Å². The zero-order valence-corrected chi connectivity index (χ0v) is 10.2. The van der Waals surface area contributed by atoms with E-state index in [2.05, 4.69) is 10.4 Å². The van der Waals surface area contributed by atoms with Gasteiger partial charge < -0.3 is 11.1 Å². The molecule has 0 aliphatic heterocycles. The number of nitrogens with two attached hydrogens (primary N) is 1. The van der Waals surface area contributed by atoms with Crippen molar-refractivity contribution >= 4 is 5.91 Å². The second kappa shape index (κ2) is 5.65. The smallest absolute Gasteiger partial charge is 0.237 e. The summed E-state index contributed by atoms with van der Waals surface area (Å²) in [5.41, 5.74) is 7.67. The minimum Gasteiger partial charge on any atom is -0.351 e. The number of nitrogens with zero attached hydrogens (tertiary/aromatic N) is 2. The van der Waals surface area contributed by atoms with Crippen molar-refractivity contribution in [3.63, 3.8) is 0 Å². The summed E-state index contributed by atoms with van der Waals surface area (Å²) in [6.45, 7) is 4.43. The molecule has 0 saturated heterocycles. The van der Waals surface area contributed by atoms with Gasteiger partial charge in [-0.3, -0.25) is 9.48 Å². The molecular weight excluding hydrogens is 204 g/mol. The van der Waals surface area contributed by atoms with Gasteiger partial charge in [0.2, 0.25) is 5.91 Å². The van der Waals surface area contributed by atoms with Crippen molar-refractivity contribution in [3.05, 3.63) is 17.5 Å². The van der Waals surface area contributed by atoms with Gasteiger partial charge in [-0.2, -0.15) is 5.10 Å². The predicted molar refractivity (Wildman–Crippen MR) is 62.7 cm³/mol. The number of carbonyl (C=O) groups is 1. The first-order valence-electron chi connectivity index (χ1n) is 5.57. The Hall–Kier alpha value is -1.36. The first kappa shape index (κ1) is 12.7. The standard InChI is InChI=1S/C11H20N4O/c1-4-5-10(12)11(16)13-6-9-7-15(3)14-8(9)2/h7,10H,4-6,12H2,1-3H3,(H,13,16)/t10-/m0/s1. The molecule has 0 aliphatic rings. The third-order valence-electron chi connectivity index (χ3n) is 2.50. The normalized spacial score (nSPS) is 12.5. The number of hydrogen-bond donors (Lipinski definition) is 2. The first-order valence-corrected chi connectivity index (χ1v) is 5.57. The molecule has 5 nitrogen and oxygen atoms in total. The van der Waals surface area contributed by atoms with Gasteiger partial charge in [-0.05, 0) is 13.3 Å². The van der Waals surface area contributed by atoms with Crippen LogP contribution in [0.3, 0.4) is 0 Å². The largest absolute Gasteiger partial charge is 0.351 e. The zero-order valence-electron chi connectivity index (χ0n) is 10.2. The molecule has 0 unspecified atom stereocenters. The number of aromatic nitrogens is 2. The lowest BCUT2D eigenvalue weighted by molar-refractivity contribution is -0.122. The van der Waals surface area contributed by atoms with Gasteiger partial charge >= 0.3 is 0 Å². The van der Waals surface area contributed by atoms with E-state index < -0.39 is 6.04 Å². The average Bonchev–Trinajstić information content (AvgIpc) is 2.54. The molecule has 5 heteroatoms. The molecule has 0 aliphatic carbocycles. The zero-order chi connectivity index (χ0) is 12.1. The van der Waals surface area contributed by atoms with Gasteiger partial charge in [0, 0.05) is 25.4 Å². The number of hydrogen-bond acceptors (Lipinski definition) is 3. The summed E-state index contributed by atoms with van der Waals surface area (Å²) < 4.78 is 1.74. The molecule has 0 spiro atoms. The van der Waals surface area contributed by atoms with Crippen LogP contribution in [0.15, 0.2) is 6.20 Å². The molecule has 0 radical (unpaired) electrons. The maximum absolute atomic E-state index is 11.6. The summed E-state index contributed by atoms with van der Waals surface area (Å²) >= 11 is 0. The van der Waals surface area contributed by atoms with Crippen LogP contribution in [-0.2, 0) is 18.4 Å². The van der Waals surface area contributed by atoms with Crippen LogP contribution in [-0.4, -0.2) is 21.7 Å². The van der Waals surface area contributed by atoms with Crippen molar-refractivity contribution in [2.75, 3.05) is 0 Å². The van der Waals surface area contributed by atoms with Crippen LogP contribution in [0, 0.1) is 6.92 Å². The Labute approximate surface area is 96.0 Å². The molecule has 0 bridgehead atoms. The van der Waals surface area contributed by atoms with E-state index in [1.54, 1.807) is 4.68 Å². The van der Waals surface area contributed by atoms with Crippen molar-refractivity contribution in [3.8, 4) is 0 Å². The van der Waals surface area contributed by atoms with E-state index in [0.717, 1.165) is 24.1 Å². The highest BCUT2D eigenvalue weighted by molar-refractivity contribution is 5.81. The third-order valence-corrected chi connectivity index (χ3v) is 2.50. The quantitative estimate of drug-likeness (QED) is 0.763. The Morgan fingerprint density at radius 2 is 2.38 bits per heavy atom. The molecule has 0 fully saturated rings. The van der Waals surface area contributed by atoms with Gasteiger partial charge in [0.25, 0.3) is 0 Å². The van der Waals surface area contributed by atoms with E-state index in [4.69, 9.17) is 5.73 Å². The molecule has 0 aromatic carbocycles. The summed E-state index contributed by atoms with van der Waals surface area (Å²) in [6, 6.07) is -0.401. The molecule has 3 N–H and O–H groups in total. The highest BCUT2D eigenvalue weighted by Gasteiger charge is 2.12. The van der Waals surface area contributed by atoms with E-state index in [0.29, 0.717) is 6.54 Å². The van der Waals surface area contributed by atoms with Crippen LogP contribution in [0.1, 0.15) is 31.0 Å². The molecule has 90 valence electrons. The van der Waals surface area contributed by atoms with Crippen LogP contribution in [0.5, 0.6) is 0 Å². The van der Waals surface area contributed by atoms with Crippen molar-refractivity contribution < 1.29 is 4.79 Å². The number of carbonyl (C=O) groups excluding carboxylic acids is 1. The van der Waals surface area contributed by atoms with E-state index in [9.17, 15) is 4.79 Å². The number of nitrogens with one attached hydrogen (secondary N) is 1. The van der Waals surface area contributed by atoms with Crippen LogP contribution in [0.4, 0.5) is 0 Å².